The molecule has 0 bridgehead atoms. The number of aryl methyl sites for hydroxylation is 2. The molecule has 0 fully saturated rings. The van der Waals surface area contributed by atoms with Crippen molar-refractivity contribution in [2.24, 2.45) is 7.05 Å². The minimum absolute atomic E-state index is 0.415. The van der Waals surface area contributed by atoms with Gasteiger partial charge in [0.05, 0.1) is 5.69 Å². The van der Waals surface area contributed by atoms with Gasteiger partial charge < -0.3 is 9.84 Å². The first-order valence-corrected chi connectivity index (χ1v) is 7.98. The average molecular weight is 344 g/mol. The number of aliphatic hydroxyl groups is 1. The molecule has 24 heavy (non-hydrogen) atoms. The van der Waals surface area contributed by atoms with Gasteiger partial charge in [0.1, 0.15) is 12.3 Å². The summed E-state index contributed by atoms with van der Waals surface area (Å²) in [4.78, 5) is 4.37. The second-order valence-corrected chi connectivity index (χ2v) is 5.94. The Labute approximate surface area is 145 Å². The van der Waals surface area contributed by atoms with Gasteiger partial charge in [0, 0.05) is 24.9 Å². The zero-order chi connectivity index (χ0) is 17.1. The fourth-order valence-electron chi connectivity index (χ4n) is 2.47. The normalized spacial score (nSPS) is 12.2. The standard InChI is InChI=1S/C18H18ClN3O2/c1-12-8-17(24-11-13-6-4-3-5-7-13)20-10-14(12)16-9-15(18(19)23)21-22(16)2/h3-10,18,23H,11H2,1-2H3. The van der Waals surface area contributed by atoms with Crippen molar-refractivity contribution in [3.63, 3.8) is 0 Å². The minimum atomic E-state index is -1.12. The summed E-state index contributed by atoms with van der Waals surface area (Å²) in [6, 6.07) is 13.6. The molecule has 2 aromatic heterocycles. The number of halogens is 1. The minimum Gasteiger partial charge on any atom is -0.473 e. The lowest BCUT2D eigenvalue weighted by atomic mass is 10.1. The molecular formula is C18H18ClN3O2. The van der Waals surface area contributed by atoms with Crippen molar-refractivity contribution in [1.29, 1.82) is 0 Å². The molecule has 3 rings (SSSR count). The van der Waals surface area contributed by atoms with Crippen LogP contribution in [0.2, 0.25) is 0 Å². The Morgan fingerprint density at radius 1 is 1.25 bits per heavy atom. The summed E-state index contributed by atoms with van der Waals surface area (Å²) in [6.45, 7) is 2.46. The van der Waals surface area contributed by atoms with E-state index in [1.165, 1.54) is 0 Å². The predicted molar refractivity (Wildman–Crippen MR) is 92.8 cm³/mol. The Morgan fingerprint density at radius 2 is 2.00 bits per heavy atom. The summed E-state index contributed by atoms with van der Waals surface area (Å²) in [5, 5.41) is 13.7. The Balaban J connectivity index is 1.80. The van der Waals surface area contributed by atoms with E-state index in [4.69, 9.17) is 16.3 Å². The number of hydrogen-bond donors (Lipinski definition) is 1. The molecule has 1 N–H and O–H groups in total. The Bertz CT molecular complexity index is 832. The molecule has 0 radical (unpaired) electrons. The van der Waals surface area contributed by atoms with Gasteiger partial charge in [-0.25, -0.2) is 4.98 Å². The first-order chi connectivity index (χ1) is 11.5. The fraction of sp³-hybridized carbons (Fsp3) is 0.222. The molecule has 5 nitrogen and oxygen atoms in total. The van der Waals surface area contributed by atoms with Crippen molar-refractivity contribution in [1.82, 2.24) is 14.8 Å². The maximum Gasteiger partial charge on any atom is 0.213 e. The molecule has 0 aliphatic heterocycles. The summed E-state index contributed by atoms with van der Waals surface area (Å²) in [7, 11) is 1.80. The van der Waals surface area contributed by atoms with E-state index >= 15 is 0 Å². The average Bonchev–Trinajstić information content (AvgIpc) is 2.96. The van der Waals surface area contributed by atoms with Crippen LogP contribution in [0.3, 0.4) is 0 Å². The van der Waals surface area contributed by atoms with Crippen LogP contribution in [0.5, 0.6) is 5.88 Å². The lowest BCUT2D eigenvalue weighted by Crippen LogP contribution is -2.00. The van der Waals surface area contributed by atoms with Gasteiger partial charge in [-0.15, -0.1) is 0 Å². The van der Waals surface area contributed by atoms with E-state index in [0.29, 0.717) is 18.2 Å². The highest BCUT2D eigenvalue weighted by Gasteiger charge is 2.14. The van der Waals surface area contributed by atoms with Gasteiger partial charge in [-0.05, 0) is 24.1 Å². The number of alkyl halides is 1. The number of rotatable bonds is 5. The van der Waals surface area contributed by atoms with Gasteiger partial charge in [0.2, 0.25) is 5.88 Å². The molecule has 0 saturated heterocycles. The van der Waals surface area contributed by atoms with Crippen LogP contribution in [-0.2, 0) is 13.7 Å². The number of hydrogen-bond acceptors (Lipinski definition) is 4. The molecule has 0 aliphatic rings. The van der Waals surface area contributed by atoms with E-state index in [9.17, 15) is 5.11 Å². The number of ether oxygens (including phenoxy) is 1. The molecule has 6 heteroatoms. The molecule has 1 atom stereocenters. The van der Waals surface area contributed by atoms with E-state index < -0.39 is 5.56 Å². The van der Waals surface area contributed by atoms with E-state index in [1.807, 2.05) is 43.3 Å². The lowest BCUT2D eigenvalue weighted by molar-refractivity contribution is 0.256. The number of nitrogens with zero attached hydrogens (tertiary/aromatic N) is 3. The van der Waals surface area contributed by atoms with Crippen LogP contribution in [0.15, 0.2) is 48.7 Å². The maximum atomic E-state index is 9.45. The van der Waals surface area contributed by atoms with Crippen molar-refractivity contribution in [3.05, 3.63) is 65.5 Å². The van der Waals surface area contributed by atoms with Crippen molar-refractivity contribution in [2.75, 3.05) is 0 Å². The Kier molecular flexibility index (Phi) is 4.83. The summed E-state index contributed by atoms with van der Waals surface area (Å²) in [5.74, 6) is 0.569. The van der Waals surface area contributed by atoms with Crippen LogP contribution >= 0.6 is 11.6 Å². The molecule has 0 aliphatic carbocycles. The van der Waals surface area contributed by atoms with Gasteiger partial charge in [0.25, 0.3) is 0 Å². The van der Waals surface area contributed by atoms with Crippen molar-refractivity contribution < 1.29 is 9.84 Å². The highest BCUT2D eigenvalue weighted by atomic mass is 35.5. The smallest absolute Gasteiger partial charge is 0.213 e. The van der Waals surface area contributed by atoms with Gasteiger partial charge in [-0.3, -0.25) is 4.68 Å². The van der Waals surface area contributed by atoms with Crippen LogP contribution in [0.4, 0.5) is 0 Å². The van der Waals surface area contributed by atoms with Gasteiger partial charge in [0.15, 0.2) is 5.56 Å². The Hall–Kier alpha value is -2.37. The summed E-state index contributed by atoms with van der Waals surface area (Å²) in [5.41, 5.74) is 3.15. The topological polar surface area (TPSA) is 60.2 Å². The third-order valence-electron chi connectivity index (χ3n) is 3.73. The van der Waals surface area contributed by atoms with Crippen LogP contribution in [-0.4, -0.2) is 19.9 Å². The molecule has 1 aromatic carbocycles. The Morgan fingerprint density at radius 3 is 2.62 bits per heavy atom. The third kappa shape index (κ3) is 3.58. The molecule has 3 aromatic rings. The van der Waals surface area contributed by atoms with E-state index in [2.05, 4.69) is 10.1 Å². The zero-order valence-electron chi connectivity index (χ0n) is 13.5. The van der Waals surface area contributed by atoms with Crippen molar-refractivity contribution in [3.8, 4) is 17.1 Å². The SMILES string of the molecule is Cc1cc(OCc2ccccc2)ncc1-c1cc(C(O)Cl)nn1C. The first-order valence-electron chi connectivity index (χ1n) is 7.54. The number of aliphatic hydroxyl groups excluding tert-OH is 1. The van der Waals surface area contributed by atoms with Crippen LogP contribution in [0.1, 0.15) is 22.4 Å². The molecule has 0 spiro atoms. The van der Waals surface area contributed by atoms with Crippen LogP contribution in [0, 0.1) is 6.92 Å². The second-order valence-electron chi connectivity index (χ2n) is 5.53. The van der Waals surface area contributed by atoms with Crippen LogP contribution < -0.4 is 4.74 Å². The van der Waals surface area contributed by atoms with E-state index in [-0.39, 0.29) is 0 Å². The number of benzene rings is 1. The molecular weight excluding hydrogens is 326 g/mol. The lowest BCUT2D eigenvalue weighted by Gasteiger charge is -2.09. The third-order valence-corrected chi connectivity index (χ3v) is 3.96. The van der Waals surface area contributed by atoms with Crippen molar-refractivity contribution >= 4 is 11.6 Å². The number of aromatic nitrogens is 3. The number of pyridine rings is 1. The second kappa shape index (κ2) is 7.03. The largest absolute Gasteiger partial charge is 0.473 e. The van der Waals surface area contributed by atoms with E-state index in [1.54, 1.807) is 24.0 Å². The van der Waals surface area contributed by atoms with E-state index in [0.717, 1.165) is 22.4 Å². The van der Waals surface area contributed by atoms with Gasteiger partial charge >= 0.3 is 0 Å². The summed E-state index contributed by atoms with van der Waals surface area (Å²) in [6.07, 6.45) is 1.75. The zero-order valence-corrected chi connectivity index (χ0v) is 14.2. The molecule has 124 valence electrons. The molecule has 2 heterocycles. The van der Waals surface area contributed by atoms with Gasteiger partial charge in [-0.2, -0.15) is 5.10 Å². The molecule has 0 amide bonds. The first kappa shape index (κ1) is 16.5. The summed E-state index contributed by atoms with van der Waals surface area (Å²) < 4.78 is 7.42. The molecule has 0 saturated carbocycles. The molecule has 1 unspecified atom stereocenters. The van der Waals surface area contributed by atoms with Crippen LogP contribution in [0.25, 0.3) is 11.3 Å². The van der Waals surface area contributed by atoms with Crippen molar-refractivity contribution in [2.45, 2.75) is 19.1 Å². The predicted octanol–water partition coefficient (Wildman–Crippen LogP) is 3.60. The monoisotopic (exact) mass is 343 g/mol. The maximum absolute atomic E-state index is 9.45. The summed E-state index contributed by atoms with van der Waals surface area (Å²) >= 11 is 5.68. The quantitative estimate of drug-likeness (QED) is 0.719. The highest BCUT2D eigenvalue weighted by Crippen LogP contribution is 2.28. The fourth-order valence-corrected chi connectivity index (χ4v) is 2.57. The highest BCUT2D eigenvalue weighted by molar-refractivity contribution is 6.19. The van der Waals surface area contributed by atoms with Gasteiger partial charge in [-0.1, -0.05) is 41.9 Å².